The van der Waals surface area contributed by atoms with Gasteiger partial charge >= 0.3 is 0 Å². The zero-order valence-corrected chi connectivity index (χ0v) is 25.4. The zero-order chi connectivity index (χ0) is 28.5. The minimum absolute atomic E-state index is 0.181. The fourth-order valence-corrected chi connectivity index (χ4v) is 6.04. The fourth-order valence-electron chi connectivity index (χ4n) is 5.38. The van der Waals surface area contributed by atoms with Gasteiger partial charge in [-0.05, 0) is 52.8 Å². The number of hydrogen-bond acceptors (Lipinski definition) is 3. The second kappa shape index (κ2) is 17.9. The van der Waals surface area contributed by atoms with Crippen LogP contribution in [0, 0.1) is 0 Å². The second-order valence-corrected chi connectivity index (χ2v) is 12.4. The molecule has 0 heterocycles. The molecule has 4 heteroatoms. The molecule has 3 rings (SSSR count). The summed E-state index contributed by atoms with van der Waals surface area (Å²) in [4.78, 5) is 0.181. The highest BCUT2D eigenvalue weighted by Gasteiger charge is 2.17. The number of allylic oxidation sites excluding steroid dienone is 1. The highest BCUT2D eigenvalue weighted by atomic mass is 32.2. The van der Waals surface area contributed by atoms with Crippen molar-refractivity contribution in [3.63, 3.8) is 0 Å². The van der Waals surface area contributed by atoms with E-state index in [1.54, 1.807) is 12.1 Å². The SMILES string of the molecule is CCCCCCCCCCCCCCCC(=C(c1ccccc1)c1ccccc1)c1ccc(S(=O)(=O)OC)cc1. The third kappa shape index (κ3) is 10.4. The Morgan fingerprint density at radius 3 is 1.40 bits per heavy atom. The lowest BCUT2D eigenvalue weighted by Crippen LogP contribution is -2.03. The quantitative estimate of drug-likeness (QED) is 0.0832. The van der Waals surface area contributed by atoms with Crippen LogP contribution < -0.4 is 0 Å². The van der Waals surface area contributed by atoms with Crippen molar-refractivity contribution >= 4 is 21.3 Å². The van der Waals surface area contributed by atoms with Gasteiger partial charge in [-0.2, -0.15) is 8.42 Å². The van der Waals surface area contributed by atoms with Crippen LogP contribution in [0.1, 0.15) is 114 Å². The third-order valence-electron chi connectivity index (χ3n) is 7.67. The van der Waals surface area contributed by atoms with Crippen molar-refractivity contribution in [2.45, 2.75) is 102 Å². The number of rotatable bonds is 19. The van der Waals surface area contributed by atoms with Crippen molar-refractivity contribution in [1.82, 2.24) is 0 Å². The smallest absolute Gasteiger partial charge is 0.270 e. The maximum Gasteiger partial charge on any atom is 0.296 e. The molecule has 0 spiro atoms. The predicted octanol–water partition coefficient (Wildman–Crippen LogP) is 10.5. The molecule has 0 aliphatic carbocycles. The number of unbranched alkanes of at least 4 members (excludes halogenated alkanes) is 12. The second-order valence-electron chi connectivity index (χ2n) is 10.7. The molecule has 0 aliphatic heterocycles. The highest BCUT2D eigenvalue weighted by molar-refractivity contribution is 7.86. The highest BCUT2D eigenvalue weighted by Crippen LogP contribution is 2.36. The lowest BCUT2D eigenvalue weighted by molar-refractivity contribution is 0.398. The van der Waals surface area contributed by atoms with Crippen LogP contribution in [-0.2, 0) is 14.3 Å². The molecule has 0 atom stereocenters. The van der Waals surface area contributed by atoms with Crippen LogP contribution in [0.2, 0.25) is 0 Å². The zero-order valence-electron chi connectivity index (χ0n) is 24.6. The molecule has 0 bridgehead atoms. The average Bonchev–Trinajstić information content (AvgIpc) is 3.00. The van der Waals surface area contributed by atoms with Gasteiger partial charge in [0.25, 0.3) is 10.1 Å². The molecule has 0 amide bonds. The first-order valence-electron chi connectivity index (χ1n) is 15.3. The summed E-state index contributed by atoms with van der Waals surface area (Å²) in [6.45, 7) is 2.28. The predicted molar refractivity (Wildman–Crippen MR) is 170 cm³/mol. The molecule has 0 unspecified atom stereocenters. The summed E-state index contributed by atoms with van der Waals surface area (Å²) < 4.78 is 29.2. The van der Waals surface area contributed by atoms with Gasteiger partial charge in [0.2, 0.25) is 0 Å². The Balaban J connectivity index is 1.69. The van der Waals surface area contributed by atoms with E-state index in [4.69, 9.17) is 4.18 Å². The molecular weight excluding hydrogens is 512 g/mol. The number of benzene rings is 3. The van der Waals surface area contributed by atoms with Crippen LogP contribution in [0.15, 0.2) is 89.8 Å². The summed E-state index contributed by atoms with van der Waals surface area (Å²) in [5, 5.41) is 0. The van der Waals surface area contributed by atoms with Crippen LogP contribution in [0.25, 0.3) is 11.1 Å². The van der Waals surface area contributed by atoms with Crippen LogP contribution in [0.3, 0.4) is 0 Å². The average molecular weight is 561 g/mol. The van der Waals surface area contributed by atoms with E-state index in [2.05, 4.69) is 55.5 Å². The van der Waals surface area contributed by atoms with E-state index in [0.717, 1.165) is 18.4 Å². The molecule has 0 N–H and O–H groups in total. The molecule has 0 saturated carbocycles. The Kier molecular flexibility index (Phi) is 14.2. The minimum atomic E-state index is -3.72. The van der Waals surface area contributed by atoms with E-state index in [1.165, 1.54) is 106 Å². The lowest BCUT2D eigenvalue weighted by atomic mass is 9.87. The Morgan fingerprint density at radius 2 is 0.975 bits per heavy atom. The van der Waals surface area contributed by atoms with Crippen molar-refractivity contribution < 1.29 is 12.6 Å². The molecule has 0 radical (unpaired) electrons. The molecule has 0 fully saturated rings. The normalized spacial score (nSPS) is 11.4. The molecule has 3 aromatic carbocycles. The Hall–Kier alpha value is -2.69. The molecule has 3 nitrogen and oxygen atoms in total. The summed E-state index contributed by atoms with van der Waals surface area (Å²) in [5.74, 6) is 0. The van der Waals surface area contributed by atoms with Gasteiger partial charge in [-0.15, -0.1) is 0 Å². The van der Waals surface area contributed by atoms with Gasteiger partial charge in [0.05, 0.1) is 12.0 Å². The Bertz CT molecular complexity index is 1190. The van der Waals surface area contributed by atoms with Crippen molar-refractivity contribution in [1.29, 1.82) is 0 Å². The van der Waals surface area contributed by atoms with Crippen molar-refractivity contribution in [2.75, 3.05) is 7.11 Å². The van der Waals surface area contributed by atoms with Crippen molar-refractivity contribution in [3.8, 4) is 0 Å². The monoisotopic (exact) mass is 560 g/mol. The van der Waals surface area contributed by atoms with Gasteiger partial charge in [0, 0.05) is 0 Å². The maximum absolute atomic E-state index is 12.2. The fraction of sp³-hybridized carbons (Fsp3) is 0.444. The summed E-state index contributed by atoms with van der Waals surface area (Å²) in [6.07, 6.45) is 18.2. The van der Waals surface area contributed by atoms with Gasteiger partial charge < -0.3 is 0 Å². The molecule has 0 aliphatic rings. The van der Waals surface area contributed by atoms with E-state index < -0.39 is 10.1 Å². The summed E-state index contributed by atoms with van der Waals surface area (Å²) in [7, 11) is -2.52. The van der Waals surface area contributed by atoms with Gasteiger partial charge in [-0.25, -0.2) is 0 Å². The van der Waals surface area contributed by atoms with Gasteiger partial charge in [-0.1, -0.05) is 157 Å². The van der Waals surface area contributed by atoms with Gasteiger partial charge in [0.15, 0.2) is 0 Å². The van der Waals surface area contributed by atoms with E-state index in [-0.39, 0.29) is 4.90 Å². The van der Waals surface area contributed by atoms with Crippen LogP contribution in [-0.4, -0.2) is 15.5 Å². The minimum Gasteiger partial charge on any atom is -0.270 e. The molecule has 3 aromatic rings. The number of hydrogen-bond donors (Lipinski definition) is 0. The molecular formula is C36H48O3S. The Morgan fingerprint density at radius 1 is 0.550 bits per heavy atom. The van der Waals surface area contributed by atoms with E-state index in [0.29, 0.717) is 0 Å². The Labute approximate surface area is 243 Å². The topological polar surface area (TPSA) is 43.4 Å². The lowest BCUT2D eigenvalue weighted by Gasteiger charge is -2.18. The van der Waals surface area contributed by atoms with Crippen molar-refractivity contribution in [3.05, 3.63) is 102 Å². The first-order valence-corrected chi connectivity index (χ1v) is 16.7. The van der Waals surface area contributed by atoms with Crippen molar-refractivity contribution in [2.24, 2.45) is 0 Å². The van der Waals surface area contributed by atoms with E-state index >= 15 is 0 Å². The summed E-state index contributed by atoms with van der Waals surface area (Å²) in [5.41, 5.74) is 5.86. The van der Waals surface area contributed by atoms with Gasteiger partial charge in [0.1, 0.15) is 0 Å². The van der Waals surface area contributed by atoms with Crippen LogP contribution in [0.4, 0.5) is 0 Å². The van der Waals surface area contributed by atoms with E-state index in [9.17, 15) is 8.42 Å². The molecule has 40 heavy (non-hydrogen) atoms. The molecule has 216 valence electrons. The third-order valence-corrected chi connectivity index (χ3v) is 8.96. The van der Waals surface area contributed by atoms with E-state index in [1.807, 2.05) is 24.3 Å². The standard InChI is InChI=1S/C36H48O3S/c1-3-4-5-6-7-8-9-10-11-12-13-14-21-26-35(31-27-29-34(30-28-31)40(37,38)39-2)36(32-22-17-15-18-23-32)33-24-19-16-20-25-33/h15-20,22-25,27-30H,3-14,21,26H2,1-2H3. The van der Waals surface area contributed by atoms with Crippen LogP contribution >= 0.6 is 0 Å². The largest absolute Gasteiger partial charge is 0.296 e. The van der Waals surface area contributed by atoms with Gasteiger partial charge in [-0.3, -0.25) is 4.18 Å². The first-order chi connectivity index (χ1) is 19.6. The molecule has 0 saturated heterocycles. The summed E-state index contributed by atoms with van der Waals surface area (Å²) >= 11 is 0. The molecule has 0 aromatic heterocycles. The first kappa shape index (κ1) is 31.8. The summed E-state index contributed by atoms with van der Waals surface area (Å²) in [6, 6.07) is 28.2. The van der Waals surface area contributed by atoms with Crippen LogP contribution in [0.5, 0.6) is 0 Å². The maximum atomic E-state index is 12.2.